The van der Waals surface area contributed by atoms with E-state index in [0.29, 0.717) is 0 Å². The average Bonchev–Trinajstić information content (AvgIpc) is 3.37. The van der Waals surface area contributed by atoms with Crippen molar-refractivity contribution in [3.8, 4) is 0 Å². The van der Waals surface area contributed by atoms with Crippen LogP contribution >= 0.6 is 60.4 Å². The molecule has 10 heteroatoms. The van der Waals surface area contributed by atoms with E-state index in [2.05, 4.69) is 162 Å². The molecule has 333 valence electrons. The number of hydrogen-bond donors (Lipinski definition) is 3. The molecule has 0 saturated carbocycles. The standard InChI is InChI=1S/3C19H16NPS.Ir/c3*22-19(20-16-10-4-1-5-11-16)21(17-12-6-2-7-13-17)18-14-8-3-9-15-18;/h3*1-15H,(H,20,22);. The summed E-state index contributed by atoms with van der Waals surface area (Å²) < 4.78 is 2.62. The minimum Gasteiger partial charge on any atom is -0.346 e. The first-order chi connectivity index (χ1) is 32.5. The minimum atomic E-state index is -0.715. The van der Waals surface area contributed by atoms with Crippen LogP contribution < -0.4 is 47.8 Å². The van der Waals surface area contributed by atoms with Gasteiger partial charge in [0.15, 0.2) is 0 Å². The molecule has 0 aliphatic carbocycles. The third-order valence-electron chi connectivity index (χ3n) is 9.77. The van der Waals surface area contributed by atoms with Crippen molar-refractivity contribution in [2.45, 2.75) is 0 Å². The monoisotopic (exact) mass is 1160 g/mol. The van der Waals surface area contributed by atoms with Crippen molar-refractivity contribution < 1.29 is 20.1 Å². The Bertz CT molecular complexity index is 2390. The zero-order valence-electron chi connectivity index (χ0n) is 36.4. The van der Waals surface area contributed by atoms with Gasteiger partial charge in [-0.1, -0.05) is 273 Å². The SMILES string of the molecule is S=C(Nc1ccccc1)P(c1ccccc1)c1ccccc1.S=C(Nc1ccccc1)P(c1ccccc1)c1ccccc1.S=C(Nc1ccccc1)P(c1ccccc1)c1ccccc1.[Ir]. The van der Waals surface area contributed by atoms with Crippen molar-refractivity contribution in [1.29, 1.82) is 0 Å². The zero-order valence-corrected chi connectivity index (χ0v) is 43.9. The smallest absolute Gasteiger partial charge is 0.112 e. The van der Waals surface area contributed by atoms with Crippen molar-refractivity contribution >= 4 is 123 Å². The second kappa shape index (κ2) is 28.0. The number of rotatable bonds is 12. The van der Waals surface area contributed by atoms with E-state index in [1.54, 1.807) is 0 Å². The fourth-order valence-electron chi connectivity index (χ4n) is 6.72. The summed E-state index contributed by atoms with van der Waals surface area (Å²) in [6, 6.07) is 93.2. The molecule has 0 aliphatic rings. The zero-order chi connectivity index (χ0) is 45.6. The van der Waals surface area contributed by atoms with Gasteiger partial charge in [-0.05, 0) is 68.2 Å². The van der Waals surface area contributed by atoms with Gasteiger partial charge in [0.25, 0.3) is 0 Å². The van der Waals surface area contributed by atoms with E-state index in [-0.39, 0.29) is 20.1 Å². The summed E-state index contributed by atoms with van der Waals surface area (Å²) in [7, 11) is -2.15. The van der Waals surface area contributed by atoms with E-state index in [9.17, 15) is 0 Å². The molecular weight excluding hydrogens is 1110 g/mol. The van der Waals surface area contributed by atoms with Crippen molar-refractivity contribution in [1.82, 2.24) is 0 Å². The van der Waals surface area contributed by atoms with E-state index in [0.717, 1.165) is 31.3 Å². The summed E-state index contributed by atoms with van der Waals surface area (Å²) in [5.41, 5.74) is 3.10. The summed E-state index contributed by atoms with van der Waals surface area (Å²) in [6.07, 6.45) is 0. The van der Waals surface area contributed by atoms with E-state index in [1.165, 1.54) is 31.8 Å². The second-order valence-electron chi connectivity index (χ2n) is 14.4. The van der Waals surface area contributed by atoms with Crippen molar-refractivity contribution in [2.75, 3.05) is 16.0 Å². The molecule has 0 unspecified atom stereocenters. The predicted molar refractivity (Wildman–Crippen MR) is 305 cm³/mol. The Kier molecular flexibility index (Phi) is 21.3. The topological polar surface area (TPSA) is 36.1 Å². The first kappa shape index (κ1) is 51.0. The summed E-state index contributed by atoms with van der Waals surface area (Å²) in [5.74, 6) is 0. The number of hydrogen-bond acceptors (Lipinski definition) is 3. The van der Waals surface area contributed by atoms with E-state index < -0.39 is 23.8 Å². The van der Waals surface area contributed by atoms with Crippen LogP contribution in [0.5, 0.6) is 0 Å². The van der Waals surface area contributed by atoms with Crippen LogP contribution in [0.3, 0.4) is 0 Å². The predicted octanol–water partition coefficient (Wildman–Crippen LogP) is 13.5. The van der Waals surface area contributed by atoms with Crippen molar-refractivity contribution in [3.05, 3.63) is 273 Å². The summed E-state index contributed by atoms with van der Waals surface area (Å²) in [4.78, 5) is 0. The van der Waals surface area contributed by atoms with Crippen LogP contribution in [-0.4, -0.2) is 14.2 Å². The number of anilines is 3. The fraction of sp³-hybridized carbons (Fsp3) is 0. The molecule has 3 N–H and O–H groups in total. The Balaban J connectivity index is 0.000000165. The molecule has 0 heterocycles. The van der Waals surface area contributed by atoms with Gasteiger partial charge in [-0.25, -0.2) is 0 Å². The summed E-state index contributed by atoms with van der Waals surface area (Å²) in [5, 5.41) is 17.8. The van der Waals surface area contributed by atoms with Gasteiger partial charge in [0, 0.05) is 60.9 Å². The van der Waals surface area contributed by atoms with Gasteiger partial charge >= 0.3 is 0 Å². The van der Waals surface area contributed by atoms with Crippen LogP contribution in [0.4, 0.5) is 17.1 Å². The normalized spacial score (nSPS) is 10.3. The average molecular weight is 1160 g/mol. The van der Waals surface area contributed by atoms with Crippen LogP contribution in [0.1, 0.15) is 0 Å². The minimum absolute atomic E-state index is 0. The maximum atomic E-state index is 5.74. The van der Waals surface area contributed by atoms with E-state index in [1.807, 2.05) is 127 Å². The number of para-hydroxylation sites is 3. The number of thiocarbonyl (C=S) groups is 3. The maximum absolute atomic E-state index is 5.74. The van der Waals surface area contributed by atoms with Gasteiger partial charge < -0.3 is 16.0 Å². The van der Waals surface area contributed by atoms with Crippen LogP contribution in [0.25, 0.3) is 0 Å². The fourth-order valence-corrected chi connectivity index (χ4v) is 14.8. The Hall–Kier alpha value is -5.41. The molecule has 0 amide bonds. The molecule has 0 spiro atoms. The van der Waals surface area contributed by atoms with E-state index >= 15 is 0 Å². The molecule has 0 atom stereocenters. The molecule has 0 saturated heterocycles. The third kappa shape index (κ3) is 15.8. The third-order valence-corrected chi connectivity index (χ3v) is 18.2. The molecule has 67 heavy (non-hydrogen) atoms. The molecule has 9 aromatic carbocycles. The largest absolute Gasteiger partial charge is 0.346 e. The van der Waals surface area contributed by atoms with Gasteiger partial charge in [-0.3, -0.25) is 0 Å². The quantitative estimate of drug-likeness (QED) is 0.0836. The maximum Gasteiger partial charge on any atom is 0.112 e. The first-order valence-corrected chi connectivity index (χ1v) is 26.6. The van der Waals surface area contributed by atoms with Crippen molar-refractivity contribution in [2.24, 2.45) is 0 Å². The van der Waals surface area contributed by atoms with Crippen LogP contribution in [-0.2, 0) is 20.1 Å². The molecule has 0 fully saturated rings. The van der Waals surface area contributed by atoms with Gasteiger partial charge in [-0.15, -0.1) is 0 Å². The van der Waals surface area contributed by atoms with Crippen LogP contribution in [0.15, 0.2) is 273 Å². The Morgan fingerprint density at radius 2 is 0.358 bits per heavy atom. The number of benzene rings is 9. The summed E-state index contributed by atoms with van der Waals surface area (Å²) >= 11 is 17.2. The van der Waals surface area contributed by atoms with Gasteiger partial charge in [0.2, 0.25) is 0 Å². The van der Waals surface area contributed by atoms with Gasteiger partial charge in [0.1, 0.15) is 14.2 Å². The molecule has 3 nitrogen and oxygen atoms in total. The molecule has 1 radical (unpaired) electrons. The molecule has 9 aromatic rings. The Morgan fingerprint density at radius 3 is 0.507 bits per heavy atom. The van der Waals surface area contributed by atoms with Crippen LogP contribution in [0.2, 0.25) is 0 Å². The Labute approximate surface area is 429 Å². The van der Waals surface area contributed by atoms with Crippen molar-refractivity contribution in [3.63, 3.8) is 0 Å². The molecule has 9 rings (SSSR count). The number of nitrogens with one attached hydrogen (secondary N) is 3. The Morgan fingerprint density at radius 1 is 0.224 bits per heavy atom. The first-order valence-electron chi connectivity index (χ1n) is 21.3. The summed E-state index contributed by atoms with van der Waals surface area (Å²) in [6.45, 7) is 0. The van der Waals surface area contributed by atoms with Crippen LogP contribution in [0, 0.1) is 0 Å². The second-order valence-corrected chi connectivity index (χ2v) is 23.0. The molecule has 0 bridgehead atoms. The molecule has 0 aliphatic heterocycles. The molecule has 0 aromatic heterocycles. The van der Waals surface area contributed by atoms with Gasteiger partial charge in [0.05, 0.1) is 0 Å². The molecular formula is C57H48IrN3P3S3. The van der Waals surface area contributed by atoms with Gasteiger partial charge in [-0.2, -0.15) is 0 Å². The van der Waals surface area contributed by atoms with E-state index in [4.69, 9.17) is 36.7 Å².